The molecule has 0 saturated carbocycles. The summed E-state index contributed by atoms with van der Waals surface area (Å²) in [7, 11) is 8.50. The Bertz CT molecular complexity index is 44.4. The predicted octanol–water partition coefficient (Wildman–Crippen LogP) is 0.624. The fourth-order valence-electron chi connectivity index (χ4n) is 0. The van der Waals surface area contributed by atoms with Crippen molar-refractivity contribution in [2.24, 2.45) is 0 Å². The van der Waals surface area contributed by atoms with Crippen LogP contribution in [0.3, 0.4) is 0 Å². The molecule has 0 aliphatic rings. The SMILES string of the molecule is C#N.C[N+](C)(C)C.N. The fourth-order valence-corrected chi connectivity index (χ4v) is 0. The van der Waals surface area contributed by atoms with E-state index in [0.717, 1.165) is 4.48 Å². The third-order valence-corrected chi connectivity index (χ3v) is 0. The summed E-state index contributed by atoms with van der Waals surface area (Å²) in [6.45, 7) is 3.50. The monoisotopic (exact) mass is 118 g/mol. The maximum Gasteiger partial charge on any atom is 0.0675 e. The third-order valence-electron chi connectivity index (χ3n) is 0. The second kappa shape index (κ2) is 6.41. The van der Waals surface area contributed by atoms with E-state index >= 15 is 0 Å². The largest absolute Gasteiger partial charge is 0.344 e. The molecule has 0 heterocycles. The van der Waals surface area contributed by atoms with Gasteiger partial charge >= 0.3 is 0 Å². The van der Waals surface area contributed by atoms with E-state index in [1.54, 1.807) is 0 Å². The Labute approximate surface area is 51.7 Å². The van der Waals surface area contributed by atoms with Crippen LogP contribution in [0.2, 0.25) is 0 Å². The Kier molecular flexibility index (Phi) is 12.5. The van der Waals surface area contributed by atoms with E-state index in [2.05, 4.69) is 34.8 Å². The first-order chi connectivity index (χ1) is 3.00. The Morgan fingerprint density at radius 3 is 1.00 bits per heavy atom. The van der Waals surface area contributed by atoms with Crippen molar-refractivity contribution in [2.45, 2.75) is 0 Å². The minimum atomic E-state index is 0. The molecule has 0 aliphatic heterocycles. The van der Waals surface area contributed by atoms with Gasteiger partial charge in [0.05, 0.1) is 28.2 Å². The summed E-state index contributed by atoms with van der Waals surface area (Å²) in [4.78, 5) is 0. The predicted molar refractivity (Wildman–Crippen MR) is 35.6 cm³/mol. The summed E-state index contributed by atoms with van der Waals surface area (Å²) < 4.78 is 1.00. The Balaban J connectivity index is -0.0000000750. The average Bonchev–Trinajstić information content (AvgIpc) is 1.36. The van der Waals surface area contributed by atoms with Crippen LogP contribution in [0.5, 0.6) is 0 Å². The molecule has 0 aromatic carbocycles. The normalized spacial score (nSPS) is 7.75. The molecular formula is C5H16N3+. The minimum Gasteiger partial charge on any atom is -0.344 e. The van der Waals surface area contributed by atoms with Crippen molar-refractivity contribution in [2.75, 3.05) is 28.2 Å². The second-order valence-electron chi connectivity index (χ2n) is 2.68. The summed E-state index contributed by atoms with van der Waals surface area (Å²) in [6.07, 6.45) is 0. The summed E-state index contributed by atoms with van der Waals surface area (Å²) >= 11 is 0. The van der Waals surface area contributed by atoms with Gasteiger partial charge in [-0.3, -0.25) is 0 Å². The molecule has 0 atom stereocenters. The van der Waals surface area contributed by atoms with Gasteiger partial charge in [0.15, 0.2) is 0 Å². The topological polar surface area (TPSA) is 58.8 Å². The summed E-state index contributed by atoms with van der Waals surface area (Å²) in [5.74, 6) is 0. The van der Waals surface area contributed by atoms with Crippen molar-refractivity contribution in [3.05, 3.63) is 0 Å². The minimum absolute atomic E-state index is 0. The second-order valence-corrected chi connectivity index (χ2v) is 2.68. The number of hydrogen-bond donors (Lipinski definition) is 1. The van der Waals surface area contributed by atoms with Crippen LogP contribution in [0.25, 0.3) is 0 Å². The van der Waals surface area contributed by atoms with Gasteiger partial charge < -0.3 is 10.6 Å². The average molecular weight is 118 g/mol. The molecule has 0 fully saturated rings. The lowest BCUT2D eigenvalue weighted by Crippen LogP contribution is -2.27. The summed E-state index contributed by atoms with van der Waals surface area (Å²) in [6, 6.07) is 0. The van der Waals surface area contributed by atoms with E-state index in [1.807, 2.05) is 0 Å². The molecule has 0 amide bonds. The van der Waals surface area contributed by atoms with Gasteiger partial charge in [-0.05, 0) is 0 Å². The highest BCUT2D eigenvalue weighted by Gasteiger charge is 1.88. The van der Waals surface area contributed by atoms with Crippen LogP contribution in [-0.2, 0) is 0 Å². The van der Waals surface area contributed by atoms with Crippen LogP contribution in [0.4, 0.5) is 0 Å². The van der Waals surface area contributed by atoms with E-state index in [-0.39, 0.29) is 6.15 Å². The van der Waals surface area contributed by atoms with E-state index in [0.29, 0.717) is 0 Å². The van der Waals surface area contributed by atoms with E-state index in [4.69, 9.17) is 5.26 Å². The van der Waals surface area contributed by atoms with E-state index < -0.39 is 0 Å². The standard InChI is InChI=1S/C4H12N.CHN.H3N/c1-5(2,3)4;1-2;/h1-4H3;1H;1H3/q+1;;. The highest BCUT2D eigenvalue weighted by molar-refractivity contribution is 4.03. The van der Waals surface area contributed by atoms with Gasteiger partial charge in [0.2, 0.25) is 0 Å². The van der Waals surface area contributed by atoms with Crippen molar-refractivity contribution >= 4 is 0 Å². The quantitative estimate of drug-likeness (QED) is 0.474. The highest BCUT2D eigenvalue weighted by Crippen LogP contribution is 1.73. The lowest BCUT2D eigenvalue weighted by molar-refractivity contribution is -0.849. The van der Waals surface area contributed by atoms with Gasteiger partial charge in [0.25, 0.3) is 0 Å². The van der Waals surface area contributed by atoms with Gasteiger partial charge in [-0.1, -0.05) is 0 Å². The summed E-state index contributed by atoms with van der Waals surface area (Å²) in [5.41, 5.74) is 0. The van der Waals surface area contributed by atoms with Gasteiger partial charge in [-0.2, -0.15) is 0 Å². The van der Waals surface area contributed by atoms with Crippen molar-refractivity contribution in [3.8, 4) is 6.57 Å². The first-order valence-electron chi connectivity index (χ1n) is 2.05. The molecule has 0 aromatic rings. The van der Waals surface area contributed by atoms with Crippen molar-refractivity contribution in [3.63, 3.8) is 0 Å². The lowest BCUT2D eigenvalue weighted by atomic mass is 10.8. The fraction of sp³-hybridized carbons (Fsp3) is 0.800. The van der Waals surface area contributed by atoms with Crippen LogP contribution in [0.1, 0.15) is 0 Å². The molecule has 0 spiro atoms. The number of nitrogens with zero attached hydrogens (tertiary/aromatic N) is 2. The third kappa shape index (κ3) is 302. The van der Waals surface area contributed by atoms with Gasteiger partial charge in [0.1, 0.15) is 0 Å². The maximum atomic E-state index is 6.50. The number of rotatable bonds is 0. The zero-order valence-corrected chi connectivity index (χ0v) is 6.18. The molecule has 0 radical (unpaired) electrons. The Hall–Kier alpha value is -0.590. The van der Waals surface area contributed by atoms with Crippen molar-refractivity contribution in [1.29, 1.82) is 5.26 Å². The van der Waals surface area contributed by atoms with E-state index in [9.17, 15) is 0 Å². The van der Waals surface area contributed by atoms with Crippen LogP contribution in [0, 0.1) is 11.8 Å². The zero-order chi connectivity index (χ0) is 6.50. The van der Waals surface area contributed by atoms with Crippen LogP contribution in [-0.4, -0.2) is 32.7 Å². The molecule has 3 heteroatoms. The first kappa shape index (κ1) is 15.7. The summed E-state index contributed by atoms with van der Waals surface area (Å²) in [5, 5.41) is 6.50. The van der Waals surface area contributed by atoms with Gasteiger partial charge in [-0.15, -0.1) is 0 Å². The molecule has 8 heavy (non-hydrogen) atoms. The van der Waals surface area contributed by atoms with Crippen molar-refractivity contribution < 1.29 is 4.48 Å². The molecule has 3 nitrogen and oxygen atoms in total. The van der Waals surface area contributed by atoms with Crippen LogP contribution in [0.15, 0.2) is 0 Å². The molecule has 0 aliphatic carbocycles. The first-order valence-corrected chi connectivity index (χ1v) is 2.05. The molecule has 0 bridgehead atoms. The molecule has 0 unspecified atom stereocenters. The van der Waals surface area contributed by atoms with Crippen LogP contribution < -0.4 is 6.15 Å². The lowest BCUT2D eigenvalue weighted by Gasteiger charge is -2.14. The van der Waals surface area contributed by atoms with Crippen LogP contribution >= 0.6 is 0 Å². The zero-order valence-electron chi connectivity index (χ0n) is 6.18. The van der Waals surface area contributed by atoms with Gasteiger partial charge in [0, 0.05) is 6.57 Å². The molecule has 0 saturated heterocycles. The molecule has 50 valence electrons. The molecular weight excluding hydrogens is 102 g/mol. The number of quaternary nitrogens is 1. The smallest absolute Gasteiger partial charge is 0.0675 e. The van der Waals surface area contributed by atoms with E-state index in [1.165, 1.54) is 0 Å². The number of nitriles is 1. The highest BCUT2D eigenvalue weighted by atomic mass is 15.2. The Morgan fingerprint density at radius 2 is 1.00 bits per heavy atom. The maximum absolute atomic E-state index is 6.50. The number of hydrogen-bond acceptors (Lipinski definition) is 2. The molecule has 0 rings (SSSR count). The van der Waals surface area contributed by atoms with Gasteiger partial charge in [-0.25, -0.2) is 5.26 Å². The Morgan fingerprint density at radius 1 is 1.00 bits per heavy atom. The molecule has 3 N–H and O–H groups in total. The van der Waals surface area contributed by atoms with Crippen molar-refractivity contribution in [1.82, 2.24) is 6.15 Å². The molecule has 0 aromatic heterocycles.